The Morgan fingerprint density at radius 3 is 3.09 bits per heavy atom. The number of aliphatic hydroxyl groups excluding tert-OH is 1. The average Bonchev–Trinajstić information content (AvgIpc) is 3.14. The van der Waals surface area contributed by atoms with Crippen LogP contribution in [-0.4, -0.2) is 53.2 Å². The summed E-state index contributed by atoms with van der Waals surface area (Å²) in [5.74, 6) is 0.917. The highest BCUT2D eigenvalue weighted by Gasteiger charge is 2.22. The highest BCUT2D eigenvalue weighted by atomic mass is 16.3. The van der Waals surface area contributed by atoms with Gasteiger partial charge >= 0.3 is 0 Å². The third-order valence-electron chi connectivity index (χ3n) is 4.45. The molecule has 3 rings (SSSR count). The minimum Gasteiger partial charge on any atom is -0.391 e. The molecule has 1 aromatic carbocycles. The predicted octanol–water partition coefficient (Wildman–Crippen LogP) is 2.05. The van der Waals surface area contributed by atoms with Crippen molar-refractivity contribution in [2.24, 2.45) is 4.99 Å². The van der Waals surface area contributed by atoms with Crippen molar-refractivity contribution in [2.45, 2.75) is 32.8 Å². The number of hydrogen-bond donors (Lipinski definition) is 3. The first-order valence-electron chi connectivity index (χ1n) is 8.46. The van der Waals surface area contributed by atoms with Crippen LogP contribution in [0, 0.1) is 6.92 Å². The molecule has 5 nitrogen and oxygen atoms in total. The van der Waals surface area contributed by atoms with Gasteiger partial charge in [0.15, 0.2) is 5.96 Å². The lowest BCUT2D eigenvalue weighted by Gasteiger charge is -2.20. The van der Waals surface area contributed by atoms with Gasteiger partial charge in [-0.05, 0) is 37.8 Å². The number of aryl methyl sites for hydroxylation is 1. The molecule has 124 valence electrons. The number of fused-ring (bicyclic) bond motifs is 1. The highest BCUT2D eigenvalue weighted by Crippen LogP contribution is 2.21. The molecule has 1 aromatic heterocycles. The van der Waals surface area contributed by atoms with Crippen molar-refractivity contribution in [1.82, 2.24) is 15.2 Å². The number of aliphatic imine (C=N–C) groups is 1. The molecule has 0 amide bonds. The number of likely N-dealkylation sites (tertiary alicyclic amines) is 1. The molecular weight excluding hydrogens is 288 g/mol. The van der Waals surface area contributed by atoms with E-state index < -0.39 is 0 Å². The molecule has 0 unspecified atom stereocenters. The number of benzene rings is 1. The standard InChI is InChI=1S/C18H26N4O/c1-3-19-18(22-10-8-15(23)12-22)20-9-7-14-11-21-17-13(2)5-4-6-16(14)17/h4-6,11,15,21,23H,3,7-10,12H2,1-2H3,(H,19,20)/t15-/m1/s1. The smallest absolute Gasteiger partial charge is 0.194 e. The molecule has 1 saturated heterocycles. The lowest BCUT2D eigenvalue weighted by Crippen LogP contribution is -2.40. The maximum absolute atomic E-state index is 9.71. The summed E-state index contributed by atoms with van der Waals surface area (Å²) in [6.07, 6.45) is 3.61. The Hall–Kier alpha value is -2.01. The third-order valence-corrected chi connectivity index (χ3v) is 4.45. The molecule has 1 aliphatic heterocycles. The maximum Gasteiger partial charge on any atom is 0.194 e. The summed E-state index contributed by atoms with van der Waals surface area (Å²) >= 11 is 0. The minimum absolute atomic E-state index is 0.226. The van der Waals surface area contributed by atoms with E-state index in [-0.39, 0.29) is 6.10 Å². The van der Waals surface area contributed by atoms with E-state index >= 15 is 0 Å². The van der Waals surface area contributed by atoms with E-state index in [0.717, 1.165) is 38.4 Å². The van der Waals surface area contributed by atoms with Crippen molar-refractivity contribution in [1.29, 1.82) is 0 Å². The second-order valence-corrected chi connectivity index (χ2v) is 6.19. The van der Waals surface area contributed by atoms with Crippen LogP contribution in [0.1, 0.15) is 24.5 Å². The maximum atomic E-state index is 9.71. The molecular formula is C18H26N4O. The van der Waals surface area contributed by atoms with Gasteiger partial charge in [0.1, 0.15) is 0 Å². The second-order valence-electron chi connectivity index (χ2n) is 6.19. The van der Waals surface area contributed by atoms with Gasteiger partial charge in [0, 0.05) is 43.3 Å². The Labute approximate surface area is 137 Å². The number of aromatic amines is 1. The van der Waals surface area contributed by atoms with Crippen LogP contribution >= 0.6 is 0 Å². The van der Waals surface area contributed by atoms with Crippen LogP contribution in [-0.2, 0) is 6.42 Å². The number of para-hydroxylation sites is 1. The fraction of sp³-hybridized carbons (Fsp3) is 0.500. The summed E-state index contributed by atoms with van der Waals surface area (Å²) in [5, 5.41) is 14.3. The van der Waals surface area contributed by atoms with Gasteiger partial charge in [-0.2, -0.15) is 0 Å². The summed E-state index contributed by atoms with van der Waals surface area (Å²) in [6.45, 7) is 7.35. The molecule has 0 saturated carbocycles. The van der Waals surface area contributed by atoms with E-state index in [0.29, 0.717) is 6.54 Å². The van der Waals surface area contributed by atoms with Crippen LogP contribution in [0.5, 0.6) is 0 Å². The van der Waals surface area contributed by atoms with Crippen molar-refractivity contribution < 1.29 is 5.11 Å². The topological polar surface area (TPSA) is 63.7 Å². The molecule has 1 atom stereocenters. The number of nitrogens with zero attached hydrogens (tertiary/aromatic N) is 2. The van der Waals surface area contributed by atoms with Crippen molar-refractivity contribution >= 4 is 16.9 Å². The zero-order chi connectivity index (χ0) is 16.2. The molecule has 3 N–H and O–H groups in total. The molecule has 23 heavy (non-hydrogen) atoms. The minimum atomic E-state index is -0.226. The monoisotopic (exact) mass is 314 g/mol. The average molecular weight is 314 g/mol. The Morgan fingerprint density at radius 2 is 2.35 bits per heavy atom. The number of β-amino-alcohol motifs (C(OH)–C–C–N with tert-alkyl or cyclic N) is 1. The predicted molar refractivity (Wildman–Crippen MR) is 94.9 cm³/mol. The van der Waals surface area contributed by atoms with Gasteiger partial charge in [-0.3, -0.25) is 4.99 Å². The lowest BCUT2D eigenvalue weighted by atomic mass is 10.1. The molecule has 0 radical (unpaired) electrons. The summed E-state index contributed by atoms with van der Waals surface area (Å²) in [7, 11) is 0. The van der Waals surface area contributed by atoms with Crippen LogP contribution in [0.2, 0.25) is 0 Å². The van der Waals surface area contributed by atoms with E-state index in [1.54, 1.807) is 0 Å². The quantitative estimate of drug-likeness (QED) is 0.598. The number of hydrogen-bond acceptors (Lipinski definition) is 2. The summed E-state index contributed by atoms with van der Waals surface area (Å²) in [5.41, 5.74) is 3.81. The van der Waals surface area contributed by atoms with Crippen LogP contribution < -0.4 is 5.32 Å². The van der Waals surface area contributed by atoms with E-state index in [1.807, 2.05) is 0 Å². The summed E-state index contributed by atoms with van der Waals surface area (Å²) < 4.78 is 0. The van der Waals surface area contributed by atoms with Gasteiger partial charge in [-0.15, -0.1) is 0 Å². The van der Waals surface area contributed by atoms with Gasteiger partial charge in [-0.25, -0.2) is 0 Å². The zero-order valence-electron chi connectivity index (χ0n) is 14.0. The number of aliphatic hydroxyl groups is 1. The summed E-state index contributed by atoms with van der Waals surface area (Å²) in [4.78, 5) is 10.3. The lowest BCUT2D eigenvalue weighted by molar-refractivity contribution is 0.188. The normalized spacial score (nSPS) is 18.8. The molecule has 0 bridgehead atoms. The van der Waals surface area contributed by atoms with Gasteiger partial charge in [0.25, 0.3) is 0 Å². The van der Waals surface area contributed by atoms with Crippen LogP contribution in [0.3, 0.4) is 0 Å². The molecule has 2 aromatic rings. The Kier molecular flexibility index (Phi) is 4.86. The molecule has 1 fully saturated rings. The number of rotatable bonds is 4. The largest absolute Gasteiger partial charge is 0.391 e. The van der Waals surface area contributed by atoms with Crippen molar-refractivity contribution in [2.75, 3.05) is 26.2 Å². The van der Waals surface area contributed by atoms with Gasteiger partial charge in [-0.1, -0.05) is 18.2 Å². The van der Waals surface area contributed by atoms with Crippen LogP contribution in [0.15, 0.2) is 29.4 Å². The Balaban J connectivity index is 1.69. The summed E-state index contributed by atoms with van der Waals surface area (Å²) in [6, 6.07) is 6.40. The van der Waals surface area contributed by atoms with Gasteiger partial charge in [0.05, 0.1) is 6.10 Å². The SMILES string of the molecule is CCNC(=NCCc1c[nH]c2c(C)cccc12)N1CC[C@@H](O)C1. The molecule has 1 aliphatic rings. The van der Waals surface area contributed by atoms with E-state index in [9.17, 15) is 5.11 Å². The molecule has 0 spiro atoms. The first kappa shape index (κ1) is 15.9. The van der Waals surface area contributed by atoms with E-state index in [4.69, 9.17) is 4.99 Å². The highest BCUT2D eigenvalue weighted by molar-refractivity contribution is 5.86. The van der Waals surface area contributed by atoms with Crippen LogP contribution in [0.25, 0.3) is 10.9 Å². The van der Waals surface area contributed by atoms with E-state index in [2.05, 4.69) is 53.4 Å². The van der Waals surface area contributed by atoms with Gasteiger partial charge < -0.3 is 20.3 Å². The van der Waals surface area contributed by atoms with Crippen molar-refractivity contribution in [3.63, 3.8) is 0 Å². The van der Waals surface area contributed by atoms with Gasteiger partial charge in [0.2, 0.25) is 0 Å². The number of nitrogens with one attached hydrogen (secondary N) is 2. The second kappa shape index (κ2) is 7.04. The molecule has 5 heteroatoms. The number of H-pyrrole nitrogens is 1. The third kappa shape index (κ3) is 3.50. The number of aromatic nitrogens is 1. The fourth-order valence-corrected chi connectivity index (χ4v) is 3.21. The Bertz CT molecular complexity index is 691. The van der Waals surface area contributed by atoms with Crippen molar-refractivity contribution in [3.8, 4) is 0 Å². The first-order valence-corrected chi connectivity index (χ1v) is 8.46. The van der Waals surface area contributed by atoms with E-state index in [1.165, 1.54) is 22.0 Å². The van der Waals surface area contributed by atoms with Crippen LogP contribution in [0.4, 0.5) is 0 Å². The van der Waals surface area contributed by atoms with Crippen molar-refractivity contribution in [3.05, 3.63) is 35.5 Å². The molecule has 0 aliphatic carbocycles. The Morgan fingerprint density at radius 1 is 1.48 bits per heavy atom. The number of guanidine groups is 1. The fourth-order valence-electron chi connectivity index (χ4n) is 3.21. The first-order chi connectivity index (χ1) is 11.2. The zero-order valence-corrected chi connectivity index (χ0v) is 14.0. The molecule has 2 heterocycles.